The van der Waals surface area contributed by atoms with E-state index in [0.717, 1.165) is 10.5 Å². The van der Waals surface area contributed by atoms with Gasteiger partial charge in [-0.25, -0.2) is 0 Å². The lowest BCUT2D eigenvalue weighted by molar-refractivity contribution is 0.591. The second-order valence-corrected chi connectivity index (χ2v) is 11.3. The Bertz CT molecular complexity index is 601. The first-order valence-corrected chi connectivity index (χ1v) is 12.1. The zero-order valence-corrected chi connectivity index (χ0v) is 16.5. The van der Waals surface area contributed by atoms with Gasteiger partial charge in [-0.1, -0.05) is 51.0 Å². The maximum Gasteiger partial charge on any atom is 0.216 e. The van der Waals surface area contributed by atoms with Crippen molar-refractivity contribution in [1.82, 2.24) is 0 Å². The number of hydrogen-bond donors (Lipinski definition) is 0. The van der Waals surface area contributed by atoms with Crippen molar-refractivity contribution in [2.24, 2.45) is 0 Å². The Morgan fingerprint density at radius 3 is 1.25 bits per heavy atom. The standard InChI is InChI=1S/C22H28S2/c1-3-5-11-17-18(12-6-4-2)24-21-15-9-7-13-19(21)23(17)20-14-8-10-16-22(20)24/h7-10,13-18H,3-6,11-12H2,1-2H3/q+2. The highest BCUT2D eigenvalue weighted by Crippen LogP contribution is 2.54. The van der Waals surface area contributed by atoms with Crippen LogP contribution in [0.25, 0.3) is 0 Å². The molecule has 0 fully saturated rings. The fourth-order valence-corrected chi connectivity index (χ4v) is 11.5. The van der Waals surface area contributed by atoms with E-state index in [1.54, 1.807) is 19.6 Å². The van der Waals surface area contributed by atoms with Crippen LogP contribution in [0.4, 0.5) is 0 Å². The molecule has 3 aliphatic rings. The minimum Gasteiger partial charge on any atom is -0.0654 e. The summed E-state index contributed by atoms with van der Waals surface area (Å²) in [5.41, 5.74) is 0. The summed E-state index contributed by atoms with van der Waals surface area (Å²) in [6.45, 7) is 4.69. The quantitative estimate of drug-likeness (QED) is 0.540. The number of fused-ring (bicyclic) bond motifs is 1. The van der Waals surface area contributed by atoms with E-state index in [4.69, 9.17) is 0 Å². The molecule has 126 valence electrons. The Labute approximate surface area is 152 Å². The van der Waals surface area contributed by atoms with Gasteiger partial charge in [-0.2, -0.15) is 0 Å². The highest BCUT2D eigenvalue weighted by Gasteiger charge is 2.64. The Morgan fingerprint density at radius 2 is 0.958 bits per heavy atom. The van der Waals surface area contributed by atoms with E-state index in [1.165, 1.54) is 38.5 Å². The van der Waals surface area contributed by atoms with E-state index in [1.807, 2.05) is 0 Å². The zero-order chi connectivity index (χ0) is 16.5. The fraction of sp³-hybridized carbons (Fsp3) is 0.455. The molecule has 0 saturated carbocycles. The molecule has 0 radical (unpaired) electrons. The third-order valence-corrected chi connectivity index (χ3v) is 11.4. The highest BCUT2D eigenvalue weighted by atomic mass is 32.2. The Kier molecular flexibility index (Phi) is 4.96. The van der Waals surface area contributed by atoms with Gasteiger partial charge in [0.1, 0.15) is 0 Å². The van der Waals surface area contributed by atoms with Crippen molar-refractivity contribution in [1.29, 1.82) is 0 Å². The summed E-state index contributed by atoms with van der Waals surface area (Å²) in [5.74, 6) is 0. The summed E-state index contributed by atoms with van der Waals surface area (Å²) in [7, 11) is 0.597. The van der Waals surface area contributed by atoms with Gasteiger partial charge >= 0.3 is 0 Å². The second kappa shape index (κ2) is 7.17. The number of hydrogen-bond acceptors (Lipinski definition) is 0. The lowest BCUT2D eigenvalue weighted by atomic mass is 10.1. The Hall–Kier alpha value is -0.860. The maximum atomic E-state index is 2.43. The third kappa shape index (κ3) is 2.63. The third-order valence-electron chi connectivity index (χ3n) is 5.35. The van der Waals surface area contributed by atoms with Crippen molar-refractivity contribution in [3.63, 3.8) is 0 Å². The molecule has 0 spiro atoms. The normalized spacial score (nSPS) is 26.9. The van der Waals surface area contributed by atoms with Crippen molar-refractivity contribution in [3.8, 4) is 0 Å². The molecule has 0 saturated heterocycles. The van der Waals surface area contributed by atoms with Crippen LogP contribution in [0.1, 0.15) is 52.4 Å². The maximum absolute atomic E-state index is 2.43. The Morgan fingerprint density at radius 1 is 0.625 bits per heavy atom. The van der Waals surface area contributed by atoms with Gasteiger partial charge in [0, 0.05) is 12.8 Å². The molecule has 2 atom stereocenters. The lowest BCUT2D eigenvalue weighted by Crippen LogP contribution is -2.49. The van der Waals surface area contributed by atoms with Crippen molar-refractivity contribution >= 4 is 21.8 Å². The molecule has 24 heavy (non-hydrogen) atoms. The summed E-state index contributed by atoms with van der Waals surface area (Å²) in [5, 5.41) is 1.76. The first kappa shape index (κ1) is 16.6. The minimum absolute atomic E-state index is 0.299. The highest BCUT2D eigenvalue weighted by molar-refractivity contribution is 8.06. The molecule has 2 heteroatoms. The van der Waals surface area contributed by atoms with Crippen molar-refractivity contribution < 1.29 is 0 Å². The molecule has 3 aliphatic heterocycles. The monoisotopic (exact) mass is 356 g/mol. The number of unbranched alkanes of at least 4 members (excludes halogenated alkanes) is 2. The largest absolute Gasteiger partial charge is 0.216 e. The SMILES string of the molecule is CCCCC1C(CCCC)[S+]2c3ccccc3[S+]1c1ccccc12. The van der Waals surface area contributed by atoms with E-state index < -0.39 is 0 Å². The van der Waals surface area contributed by atoms with Crippen LogP contribution in [0.5, 0.6) is 0 Å². The van der Waals surface area contributed by atoms with Gasteiger partial charge < -0.3 is 0 Å². The van der Waals surface area contributed by atoms with Gasteiger partial charge in [-0.3, -0.25) is 0 Å². The molecule has 2 aromatic rings. The van der Waals surface area contributed by atoms with Gasteiger partial charge in [0.15, 0.2) is 10.5 Å². The van der Waals surface area contributed by atoms with Gasteiger partial charge in [-0.15, -0.1) is 0 Å². The number of benzene rings is 2. The molecule has 0 aliphatic carbocycles. The predicted octanol–water partition coefficient (Wildman–Crippen LogP) is 6.20. The molecular weight excluding hydrogens is 328 g/mol. The van der Waals surface area contributed by atoms with E-state index in [9.17, 15) is 0 Å². The van der Waals surface area contributed by atoms with E-state index in [0.29, 0.717) is 21.8 Å². The van der Waals surface area contributed by atoms with Crippen molar-refractivity contribution in [2.45, 2.75) is 82.5 Å². The van der Waals surface area contributed by atoms with Crippen LogP contribution in [0.15, 0.2) is 68.1 Å². The van der Waals surface area contributed by atoms with Gasteiger partial charge in [-0.05, 0) is 37.1 Å². The van der Waals surface area contributed by atoms with Crippen LogP contribution in [0.2, 0.25) is 0 Å². The lowest BCUT2D eigenvalue weighted by Gasteiger charge is -2.36. The van der Waals surface area contributed by atoms with E-state index >= 15 is 0 Å². The van der Waals surface area contributed by atoms with Crippen molar-refractivity contribution in [2.75, 3.05) is 0 Å². The van der Waals surface area contributed by atoms with Gasteiger partial charge in [0.05, 0.1) is 21.8 Å². The average molecular weight is 357 g/mol. The topological polar surface area (TPSA) is 0 Å². The molecule has 2 aromatic carbocycles. The predicted molar refractivity (Wildman–Crippen MR) is 107 cm³/mol. The van der Waals surface area contributed by atoms with Crippen molar-refractivity contribution in [3.05, 3.63) is 48.5 Å². The molecule has 2 bridgehead atoms. The van der Waals surface area contributed by atoms with E-state index in [2.05, 4.69) is 62.4 Å². The molecule has 2 unspecified atom stereocenters. The smallest absolute Gasteiger partial charge is 0.0654 e. The molecule has 5 rings (SSSR count). The van der Waals surface area contributed by atoms with Gasteiger partial charge in [0.25, 0.3) is 0 Å². The van der Waals surface area contributed by atoms with Gasteiger partial charge in [0.2, 0.25) is 19.6 Å². The fourth-order valence-electron chi connectivity index (χ4n) is 4.24. The first-order valence-electron chi connectivity index (χ1n) is 9.51. The number of rotatable bonds is 6. The summed E-state index contributed by atoms with van der Waals surface area (Å²) in [4.78, 5) is 6.70. The molecule has 3 heterocycles. The van der Waals surface area contributed by atoms with Crippen LogP contribution < -0.4 is 0 Å². The molecular formula is C22H28S2+2. The second-order valence-electron chi connectivity index (χ2n) is 6.93. The van der Waals surface area contributed by atoms with Crippen LogP contribution in [0, 0.1) is 0 Å². The minimum atomic E-state index is 0.299. The van der Waals surface area contributed by atoms with Crippen LogP contribution in [0.3, 0.4) is 0 Å². The molecule has 0 N–H and O–H groups in total. The first-order chi connectivity index (χ1) is 11.9. The molecule has 0 amide bonds. The Balaban J connectivity index is 1.84. The summed E-state index contributed by atoms with van der Waals surface area (Å²) >= 11 is 0. The molecule has 0 aromatic heterocycles. The van der Waals surface area contributed by atoms with Crippen LogP contribution in [-0.2, 0) is 21.8 Å². The van der Waals surface area contributed by atoms with Crippen LogP contribution >= 0.6 is 0 Å². The summed E-state index contributed by atoms with van der Waals surface area (Å²) in [6.07, 6.45) is 8.26. The average Bonchev–Trinajstić information content (AvgIpc) is 2.64. The summed E-state index contributed by atoms with van der Waals surface area (Å²) < 4.78 is 0. The molecule has 0 nitrogen and oxygen atoms in total. The van der Waals surface area contributed by atoms with Crippen LogP contribution in [-0.4, -0.2) is 10.5 Å². The van der Waals surface area contributed by atoms with E-state index in [-0.39, 0.29) is 0 Å². The summed E-state index contributed by atoms with van der Waals surface area (Å²) in [6, 6.07) is 18.8. The zero-order valence-electron chi connectivity index (χ0n) is 14.8.